The van der Waals surface area contributed by atoms with Gasteiger partial charge in [0.1, 0.15) is 0 Å². The summed E-state index contributed by atoms with van der Waals surface area (Å²) in [5, 5.41) is 19.6. The van der Waals surface area contributed by atoms with Crippen LogP contribution in [0, 0.1) is 10.1 Å². The molecule has 0 saturated heterocycles. The third kappa shape index (κ3) is 3.16. The highest BCUT2D eigenvalue weighted by Crippen LogP contribution is 2.25. The van der Waals surface area contributed by atoms with Gasteiger partial charge in [0.25, 0.3) is 5.69 Å². The molecule has 0 bridgehead atoms. The first-order valence-corrected chi connectivity index (χ1v) is 5.65. The highest BCUT2D eigenvalue weighted by atomic mass is 16.6. The van der Waals surface area contributed by atoms with Gasteiger partial charge in [0.2, 0.25) is 0 Å². The summed E-state index contributed by atoms with van der Waals surface area (Å²) >= 11 is 0. The maximum absolute atomic E-state index is 11.0. The van der Waals surface area contributed by atoms with Crippen molar-refractivity contribution in [1.29, 1.82) is 0 Å². The predicted octanol–water partition coefficient (Wildman–Crippen LogP) is 3.25. The second-order valence-electron chi connectivity index (χ2n) is 3.96. The standard InChI is InChI=1S/C13H15NO4/c1-3-4-12(9(2)13(15)16)10-5-7-11(8-6-10)14(17)18/h5-8H,3-4H2,1-2H3,(H,15,16)/b12-9+. The van der Waals surface area contributed by atoms with E-state index in [0.29, 0.717) is 6.42 Å². The molecule has 18 heavy (non-hydrogen) atoms. The van der Waals surface area contributed by atoms with Gasteiger partial charge in [-0.3, -0.25) is 10.1 Å². The summed E-state index contributed by atoms with van der Waals surface area (Å²) in [7, 11) is 0. The molecule has 1 aromatic carbocycles. The summed E-state index contributed by atoms with van der Waals surface area (Å²) in [6, 6.07) is 5.96. The second-order valence-corrected chi connectivity index (χ2v) is 3.96. The van der Waals surface area contributed by atoms with Crippen molar-refractivity contribution in [2.24, 2.45) is 0 Å². The van der Waals surface area contributed by atoms with Crippen LogP contribution in [0.1, 0.15) is 32.3 Å². The van der Waals surface area contributed by atoms with Crippen LogP contribution in [0.2, 0.25) is 0 Å². The molecule has 0 aliphatic heterocycles. The van der Waals surface area contributed by atoms with E-state index in [0.717, 1.165) is 17.6 Å². The Kier molecular flexibility index (Phi) is 4.59. The molecule has 0 radical (unpaired) electrons. The number of carboxylic acids is 1. The lowest BCUT2D eigenvalue weighted by atomic mass is 9.96. The molecule has 0 spiro atoms. The van der Waals surface area contributed by atoms with Gasteiger partial charge in [0.15, 0.2) is 0 Å². The summed E-state index contributed by atoms with van der Waals surface area (Å²) in [5.41, 5.74) is 1.73. The Morgan fingerprint density at radius 3 is 2.28 bits per heavy atom. The van der Waals surface area contributed by atoms with E-state index in [1.54, 1.807) is 19.1 Å². The molecule has 0 unspecified atom stereocenters. The van der Waals surface area contributed by atoms with Gasteiger partial charge >= 0.3 is 5.97 Å². The van der Waals surface area contributed by atoms with Crippen LogP contribution < -0.4 is 0 Å². The molecule has 0 fully saturated rings. The van der Waals surface area contributed by atoms with Crippen molar-refractivity contribution in [3.8, 4) is 0 Å². The fraction of sp³-hybridized carbons (Fsp3) is 0.308. The number of nitro groups is 1. The maximum Gasteiger partial charge on any atom is 0.331 e. The van der Waals surface area contributed by atoms with Gasteiger partial charge in [0.05, 0.1) is 4.92 Å². The van der Waals surface area contributed by atoms with Crippen molar-refractivity contribution in [3.63, 3.8) is 0 Å². The molecule has 0 atom stereocenters. The number of benzene rings is 1. The van der Waals surface area contributed by atoms with E-state index in [1.165, 1.54) is 12.1 Å². The number of allylic oxidation sites excluding steroid dienone is 1. The van der Waals surface area contributed by atoms with Crippen LogP contribution in [0.3, 0.4) is 0 Å². The van der Waals surface area contributed by atoms with Crippen molar-refractivity contribution in [3.05, 3.63) is 45.5 Å². The number of rotatable bonds is 5. The largest absolute Gasteiger partial charge is 0.478 e. The number of non-ortho nitro benzene ring substituents is 1. The van der Waals surface area contributed by atoms with Crippen molar-refractivity contribution in [2.75, 3.05) is 0 Å². The Morgan fingerprint density at radius 1 is 1.33 bits per heavy atom. The first-order valence-electron chi connectivity index (χ1n) is 5.65. The summed E-state index contributed by atoms with van der Waals surface area (Å²) in [5.74, 6) is -0.961. The van der Waals surface area contributed by atoms with E-state index in [4.69, 9.17) is 5.11 Å². The molecule has 0 heterocycles. The lowest BCUT2D eigenvalue weighted by Gasteiger charge is -2.09. The Morgan fingerprint density at radius 2 is 1.89 bits per heavy atom. The van der Waals surface area contributed by atoms with E-state index in [9.17, 15) is 14.9 Å². The highest BCUT2D eigenvalue weighted by Gasteiger charge is 2.12. The van der Waals surface area contributed by atoms with Crippen molar-refractivity contribution in [2.45, 2.75) is 26.7 Å². The van der Waals surface area contributed by atoms with Crippen LogP contribution in [-0.2, 0) is 4.79 Å². The van der Waals surface area contributed by atoms with Gasteiger partial charge in [-0.15, -0.1) is 0 Å². The van der Waals surface area contributed by atoms with E-state index in [-0.39, 0.29) is 11.3 Å². The first-order chi connectivity index (χ1) is 8.47. The number of hydrogen-bond acceptors (Lipinski definition) is 3. The highest BCUT2D eigenvalue weighted by molar-refractivity contribution is 5.95. The molecule has 1 N–H and O–H groups in total. The summed E-state index contributed by atoms with van der Waals surface area (Å²) < 4.78 is 0. The quantitative estimate of drug-likeness (QED) is 0.493. The van der Waals surface area contributed by atoms with Crippen molar-refractivity contribution < 1.29 is 14.8 Å². The zero-order chi connectivity index (χ0) is 13.7. The van der Waals surface area contributed by atoms with Crippen LogP contribution in [0.4, 0.5) is 5.69 Å². The number of carboxylic acid groups (broad SMARTS) is 1. The van der Waals surface area contributed by atoms with Crippen LogP contribution in [0.5, 0.6) is 0 Å². The molecule has 96 valence electrons. The molecule has 0 amide bonds. The zero-order valence-electron chi connectivity index (χ0n) is 10.3. The average Bonchev–Trinajstić information content (AvgIpc) is 2.35. The number of nitro benzene ring substituents is 1. The Balaban J connectivity index is 3.19. The van der Waals surface area contributed by atoms with Gasteiger partial charge in [0, 0.05) is 17.7 Å². The maximum atomic E-state index is 11.0. The van der Waals surface area contributed by atoms with E-state index >= 15 is 0 Å². The molecular weight excluding hydrogens is 234 g/mol. The molecule has 0 aliphatic carbocycles. The van der Waals surface area contributed by atoms with Crippen LogP contribution >= 0.6 is 0 Å². The molecule has 0 saturated carbocycles. The molecule has 5 heteroatoms. The minimum absolute atomic E-state index is 0.00239. The molecule has 0 aromatic heterocycles. The predicted molar refractivity (Wildman–Crippen MR) is 68.2 cm³/mol. The van der Waals surface area contributed by atoms with Crippen LogP contribution in [0.25, 0.3) is 5.57 Å². The van der Waals surface area contributed by atoms with E-state index < -0.39 is 10.9 Å². The second kappa shape index (κ2) is 5.95. The first kappa shape index (κ1) is 13.9. The molecular formula is C13H15NO4. The average molecular weight is 249 g/mol. The van der Waals surface area contributed by atoms with Crippen LogP contribution in [-0.4, -0.2) is 16.0 Å². The Bertz CT molecular complexity index is 488. The third-order valence-electron chi connectivity index (χ3n) is 2.70. The molecule has 1 aromatic rings. The summed E-state index contributed by atoms with van der Waals surface area (Å²) in [4.78, 5) is 21.1. The smallest absolute Gasteiger partial charge is 0.331 e. The summed E-state index contributed by atoms with van der Waals surface area (Å²) in [6.07, 6.45) is 1.45. The lowest BCUT2D eigenvalue weighted by Crippen LogP contribution is -2.01. The zero-order valence-corrected chi connectivity index (χ0v) is 10.3. The Hall–Kier alpha value is -2.17. The SMILES string of the molecule is CCC/C(=C(/C)C(=O)O)c1ccc([N+](=O)[O-])cc1. The van der Waals surface area contributed by atoms with Gasteiger partial charge < -0.3 is 5.11 Å². The number of aliphatic carboxylic acids is 1. The minimum Gasteiger partial charge on any atom is -0.478 e. The minimum atomic E-state index is -0.961. The topological polar surface area (TPSA) is 80.4 Å². The fourth-order valence-corrected chi connectivity index (χ4v) is 1.71. The van der Waals surface area contributed by atoms with E-state index in [2.05, 4.69) is 0 Å². The lowest BCUT2D eigenvalue weighted by molar-refractivity contribution is -0.384. The molecule has 5 nitrogen and oxygen atoms in total. The normalized spacial score (nSPS) is 11.9. The number of carbonyl (C=O) groups is 1. The molecule has 1 rings (SSSR count). The van der Waals surface area contributed by atoms with Gasteiger partial charge in [-0.05, 0) is 36.6 Å². The van der Waals surface area contributed by atoms with Crippen molar-refractivity contribution in [1.82, 2.24) is 0 Å². The van der Waals surface area contributed by atoms with Gasteiger partial charge in [-0.25, -0.2) is 4.79 Å². The molecule has 0 aliphatic rings. The monoisotopic (exact) mass is 249 g/mol. The van der Waals surface area contributed by atoms with E-state index in [1.807, 2.05) is 6.92 Å². The van der Waals surface area contributed by atoms with Crippen molar-refractivity contribution >= 4 is 17.2 Å². The Labute approximate surface area is 105 Å². The third-order valence-corrected chi connectivity index (χ3v) is 2.70. The van der Waals surface area contributed by atoms with Gasteiger partial charge in [-0.2, -0.15) is 0 Å². The van der Waals surface area contributed by atoms with Gasteiger partial charge in [-0.1, -0.05) is 13.3 Å². The number of hydrogen-bond donors (Lipinski definition) is 1. The number of nitrogens with zero attached hydrogens (tertiary/aromatic N) is 1. The fourth-order valence-electron chi connectivity index (χ4n) is 1.71. The van der Waals surface area contributed by atoms with Crippen LogP contribution in [0.15, 0.2) is 29.8 Å². The summed E-state index contributed by atoms with van der Waals surface area (Å²) in [6.45, 7) is 3.51.